The molecule has 1 aromatic carbocycles. The van der Waals surface area contributed by atoms with E-state index in [4.69, 9.17) is 80.5 Å². The second-order valence-corrected chi connectivity index (χ2v) is 36.1. The van der Waals surface area contributed by atoms with Gasteiger partial charge in [-0.25, -0.2) is 4.79 Å². The number of methoxy groups -OCH3 is 5. The van der Waals surface area contributed by atoms with Crippen molar-refractivity contribution in [1.29, 1.82) is 0 Å². The summed E-state index contributed by atoms with van der Waals surface area (Å²) in [6.45, 7) is 13.8. The molecule has 0 radical (unpaired) electrons. The Bertz CT molecular complexity index is 3300. The molecule has 746 valence electrons. The van der Waals surface area contributed by atoms with Gasteiger partial charge in [0.1, 0.15) is 128 Å². The van der Waals surface area contributed by atoms with Crippen molar-refractivity contribution in [3.05, 3.63) is 35.9 Å². The van der Waals surface area contributed by atoms with Crippen LogP contribution in [0.1, 0.15) is 254 Å². The number of aliphatic hydroxyl groups excluding tert-OH is 10. The standard InChI is InChI=1S/C92H160N4O33/c1-15-16-17-18-19-20-21-22-23-24-25-26-27-28-29-30-31-32-33-34-35-36-37-38-39-40-44-47-60(97)49-62(98)95-61(48-59-45-42-41-43-46-59)84(109)96-63(85(110)94-52(3)83(108)93-51(2)50-118-87-72(107)77(115-12)75(114-11)58(9)122-87)53(4)119-92-81(66(101)64(99)54(5)121-92)128-89-71(106)76(65(100)55(6)120-89)126-90-80(117-14)70(105)74(57(8)124-90)125-88-68(103)67(102)78(82(129-88)86(111)112)127-91-79(116-13)69(104)73(113-10)56(7)123-91/h41-43,45-46,51-58,60-61,63-82,87-92,97,99-107H,15-40,44,47-50H2,1-14H3,(H,93,108)(H,94,110)(H,95,98)(H,96,109)(H,111,112)/t51-,52+,53+,54-,55-,56-,57-,58-,60?,61+,63+,64+,65-,66+,67+,68+,69+,70+,71+,72+,73+,74+,75-,76+,77-,78-,79-,80-,81+,82-,87?,88+,89-,90-,91-,92?/m0/s1. The van der Waals surface area contributed by atoms with Crippen LogP contribution in [-0.4, -0.2) is 349 Å². The van der Waals surface area contributed by atoms with Crippen LogP contribution in [0.15, 0.2) is 30.3 Å². The summed E-state index contributed by atoms with van der Waals surface area (Å²) >= 11 is 0. The first-order chi connectivity index (χ1) is 61.7. The third kappa shape index (κ3) is 34.0. The Hall–Kier alpha value is -4.51. The van der Waals surface area contributed by atoms with E-state index in [1.807, 2.05) is 0 Å². The topological polar surface area (TPSA) is 513 Å². The number of ether oxygens (including phenoxy) is 17. The first-order valence-corrected chi connectivity index (χ1v) is 47.5. The summed E-state index contributed by atoms with van der Waals surface area (Å²) in [6, 6.07) is 3.32. The van der Waals surface area contributed by atoms with E-state index in [0.29, 0.717) is 18.4 Å². The Kier molecular flexibility index (Phi) is 50.3. The summed E-state index contributed by atoms with van der Waals surface area (Å²) in [4.78, 5) is 71.0. The molecule has 0 spiro atoms. The SMILES string of the molecule is CCCCCCCCCCCCCCCCCCCCCCCCCCCCCC(O)CC(=O)N[C@H](Cc1ccccc1)C(=O)N[C@@H](C(=O)N[C@H](C)C(=O)N[C@@H](C)COC1O[C@@H](C)[C@H](OC)[C@@H](OC)[C@H]1O)[C@@H](C)OC1O[C@@H](C)[C@@H](O)[C@@H](O)[C@H]1O[C@@H]1O[C@@H](C)[C@H](O)[C@@H](O[C@@H]2O[C@@H](C)[C@@H](O[C@@H]3O[C@H](C(=O)O)[C@@H](O[C@@H]4O[C@@H](C)[C@@H](OC)[C@@H](O)[C@@H]4OC)[C@H](O)[C@H]3O)[C@@H](O)[C@@H]2OC)[C@H]1O. The second-order valence-electron chi connectivity index (χ2n) is 36.1. The zero-order valence-electron chi connectivity index (χ0n) is 78.5. The zero-order chi connectivity index (χ0) is 94.6. The van der Waals surface area contributed by atoms with Gasteiger partial charge in [-0.05, 0) is 67.4 Å². The molecule has 129 heavy (non-hydrogen) atoms. The van der Waals surface area contributed by atoms with Crippen molar-refractivity contribution in [2.45, 2.75) is 476 Å². The van der Waals surface area contributed by atoms with E-state index in [-0.39, 0.29) is 19.4 Å². The highest BCUT2D eigenvalue weighted by Gasteiger charge is 2.58. The molecule has 37 heteroatoms. The predicted octanol–water partition coefficient (Wildman–Crippen LogP) is 4.72. The van der Waals surface area contributed by atoms with Gasteiger partial charge in [-0.3, -0.25) is 19.2 Å². The number of carboxylic acids is 1. The summed E-state index contributed by atoms with van der Waals surface area (Å²) in [5.74, 6) is -5.02. The van der Waals surface area contributed by atoms with Crippen LogP contribution in [0.5, 0.6) is 0 Å². The Balaban J connectivity index is 0.971. The Labute approximate surface area is 761 Å². The molecule has 6 fully saturated rings. The van der Waals surface area contributed by atoms with Crippen LogP contribution in [0.2, 0.25) is 0 Å². The molecule has 1 aromatic rings. The molecule has 4 amide bonds. The van der Waals surface area contributed by atoms with Gasteiger partial charge in [-0.1, -0.05) is 211 Å². The largest absolute Gasteiger partial charge is 0.479 e. The van der Waals surface area contributed by atoms with Crippen LogP contribution < -0.4 is 21.3 Å². The summed E-state index contributed by atoms with van der Waals surface area (Å²) in [5, 5.41) is 137. The van der Waals surface area contributed by atoms with E-state index in [9.17, 15) is 70.6 Å². The highest BCUT2D eigenvalue weighted by Crippen LogP contribution is 2.38. The molecule has 7 rings (SSSR count). The Morgan fingerprint density at radius 3 is 1.31 bits per heavy atom. The molecule has 0 saturated carbocycles. The summed E-state index contributed by atoms with van der Waals surface area (Å²) in [5.41, 5.74) is 0.599. The normalized spacial score (nSPS) is 34.7. The molecular formula is C92H160N4O33. The van der Waals surface area contributed by atoms with Crippen molar-refractivity contribution in [2.75, 3.05) is 42.2 Å². The lowest BCUT2D eigenvalue weighted by Gasteiger charge is -2.49. The Morgan fingerprint density at radius 2 is 0.798 bits per heavy atom. The molecule has 37 nitrogen and oxygen atoms in total. The lowest BCUT2D eigenvalue weighted by Crippen LogP contribution is -2.67. The van der Waals surface area contributed by atoms with Crippen molar-refractivity contribution in [3.63, 3.8) is 0 Å². The maximum absolute atomic E-state index is 15.1. The van der Waals surface area contributed by atoms with E-state index >= 15 is 9.59 Å². The number of carbonyl (C=O) groups is 5. The lowest BCUT2D eigenvalue weighted by atomic mass is 9.95. The van der Waals surface area contributed by atoms with Crippen LogP contribution in [-0.2, 0) is 111 Å². The second kappa shape index (κ2) is 58.2. The molecular weight excluding hydrogens is 1690 g/mol. The average molecular weight is 1850 g/mol. The Morgan fingerprint density at radius 1 is 0.380 bits per heavy atom. The number of aliphatic carboxylic acids is 1. The minimum absolute atomic E-state index is 0.116. The van der Waals surface area contributed by atoms with Gasteiger partial charge in [0, 0.05) is 48.0 Å². The number of carboxylic acid groups (broad SMARTS) is 1. The minimum Gasteiger partial charge on any atom is -0.479 e. The molecule has 0 aliphatic carbocycles. The van der Waals surface area contributed by atoms with Crippen LogP contribution in [0.3, 0.4) is 0 Å². The van der Waals surface area contributed by atoms with E-state index in [2.05, 4.69) is 28.2 Å². The van der Waals surface area contributed by atoms with Crippen molar-refractivity contribution >= 4 is 29.6 Å². The van der Waals surface area contributed by atoms with Gasteiger partial charge < -0.3 is 158 Å². The molecule has 0 aromatic heterocycles. The molecule has 36 atom stereocenters. The highest BCUT2D eigenvalue weighted by atomic mass is 16.8. The minimum atomic E-state index is -2.08. The van der Waals surface area contributed by atoms with Crippen molar-refractivity contribution in [1.82, 2.24) is 21.3 Å². The number of unbranched alkanes of at least 4 members (excludes halogenated alkanes) is 26. The van der Waals surface area contributed by atoms with Crippen molar-refractivity contribution in [2.24, 2.45) is 0 Å². The maximum atomic E-state index is 15.1. The number of hydrogen-bond acceptors (Lipinski definition) is 32. The van der Waals surface area contributed by atoms with Crippen LogP contribution in [0, 0.1) is 0 Å². The molecule has 0 bridgehead atoms. The number of nitrogens with one attached hydrogen (secondary N) is 4. The molecule has 6 heterocycles. The van der Waals surface area contributed by atoms with Crippen LogP contribution in [0.25, 0.3) is 0 Å². The quantitative estimate of drug-likeness (QED) is 0.0392. The number of carbonyl (C=O) groups excluding carboxylic acids is 4. The van der Waals surface area contributed by atoms with Gasteiger partial charge in [0.2, 0.25) is 23.6 Å². The average Bonchev–Trinajstić information content (AvgIpc) is 0.774. The number of hydrogen-bond donors (Lipinski definition) is 15. The van der Waals surface area contributed by atoms with Crippen molar-refractivity contribution in [3.8, 4) is 0 Å². The predicted molar refractivity (Wildman–Crippen MR) is 467 cm³/mol. The van der Waals surface area contributed by atoms with E-state index in [0.717, 1.165) is 32.8 Å². The fraction of sp³-hybridized carbons (Fsp3) is 0.880. The summed E-state index contributed by atoms with van der Waals surface area (Å²) in [7, 11) is 6.58. The van der Waals surface area contributed by atoms with Gasteiger partial charge in [0.15, 0.2) is 43.8 Å². The van der Waals surface area contributed by atoms with E-state index in [1.54, 1.807) is 51.1 Å². The van der Waals surface area contributed by atoms with E-state index < -0.39 is 250 Å². The fourth-order valence-corrected chi connectivity index (χ4v) is 17.9. The maximum Gasteiger partial charge on any atom is 0.335 e. The fourth-order valence-electron chi connectivity index (χ4n) is 17.9. The van der Waals surface area contributed by atoms with Gasteiger partial charge in [0.25, 0.3) is 0 Å². The zero-order valence-corrected chi connectivity index (χ0v) is 78.5. The van der Waals surface area contributed by atoms with Gasteiger partial charge in [-0.15, -0.1) is 0 Å². The van der Waals surface area contributed by atoms with Crippen LogP contribution in [0.4, 0.5) is 0 Å². The smallest absolute Gasteiger partial charge is 0.335 e. The lowest BCUT2D eigenvalue weighted by molar-refractivity contribution is -0.392. The molecule has 15 N–H and O–H groups in total. The summed E-state index contributed by atoms with van der Waals surface area (Å²) in [6.07, 6.45) is -14.3. The number of amides is 4. The molecule has 6 aliphatic heterocycles. The summed E-state index contributed by atoms with van der Waals surface area (Å²) < 4.78 is 100. The third-order valence-corrected chi connectivity index (χ3v) is 25.7. The first-order valence-electron chi connectivity index (χ1n) is 47.5. The van der Waals surface area contributed by atoms with Gasteiger partial charge in [-0.2, -0.15) is 0 Å². The third-order valence-electron chi connectivity index (χ3n) is 25.7. The monoisotopic (exact) mass is 1850 g/mol. The van der Waals surface area contributed by atoms with Crippen molar-refractivity contribution < 1.29 is 161 Å². The number of rotatable bonds is 59. The number of aliphatic hydroxyl groups is 10. The highest BCUT2D eigenvalue weighted by molar-refractivity contribution is 5.94. The van der Waals surface area contributed by atoms with Gasteiger partial charge in [0.05, 0.1) is 55.8 Å². The number of benzene rings is 1. The van der Waals surface area contributed by atoms with Gasteiger partial charge >= 0.3 is 5.97 Å². The first kappa shape index (κ1) is 111. The molecule has 6 saturated heterocycles. The molecule has 3 unspecified atom stereocenters. The van der Waals surface area contributed by atoms with Crippen LogP contribution >= 0.6 is 0 Å². The van der Waals surface area contributed by atoms with E-state index in [1.165, 1.54) is 204 Å². The molecule has 6 aliphatic rings.